The minimum Gasteiger partial charge on any atom is -0.354 e. The maximum absolute atomic E-state index is 12.8. The first-order valence-corrected chi connectivity index (χ1v) is 10.3. The maximum Gasteiger partial charge on any atom is 0.416 e. The highest BCUT2D eigenvalue weighted by atomic mass is 127. The van der Waals surface area contributed by atoms with Crippen LogP contribution in [0.5, 0.6) is 0 Å². The van der Waals surface area contributed by atoms with E-state index in [2.05, 4.69) is 56.6 Å². The van der Waals surface area contributed by atoms with Gasteiger partial charge in [0.05, 0.1) is 12.1 Å². The number of hydrogen-bond donors (Lipinski definition) is 2. The van der Waals surface area contributed by atoms with Crippen molar-refractivity contribution in [2.24, 2.45) is 4.99 Å². The SMILES string of the molecule is CN=C(NCC#Cc1cccc(C(F)(F)F)c1)NC1CCN(Cc2ccccc2)CC1.I. The number of piperidine rings is 1. The first-order valence-electron chi connectivity index (χ1n) is 10.3. The third-order valence-electron chi connectivity index (χ3n) is 5.17. The Labute approximate surface area is 204 Å². The molecule has 4 nitrogen and oxygen atoms in total. The van der Waals surface area contributed by atoms with Crippen LogP contribution in [0.15, 0.2) is 59.6 Å². The molecule has 0 bridgehead atoms. The largest absolute Gasteiger partial charge is 0.416 e. The van der Waals surface area contributed by atoms with Gasteiger partial charge in [0.25, 0.3) is 0 Å². The molecule has 0 radical (unpaired) electrons. The molecule has 0 spiro atoms. The van der Waals surface area contributed by atoms with Gasteiger partial charge in [0.2, 0.25) is 0 Å². The fourth-order valence-corrected chi connectivity index (χ4v) is 3.51. The van der Waals surface area contributed by atoms with Crippen LogP contribution in [-0.2, 0) is 12.7 Å². The van der Waals surface area contributed by atoms with E-state index in [-0.39, 0.29) is 24.0 Å². The third kappa shape index (κ3) is 8.36. The van der Waals surface area contributed by atoms with Crippen LogP contribution in [0.1, 0.15) is 29.5 Å². The van der Waals surface area contributed by atoms with Crippen molar-refractivity contribution in [2.75, 3.05) is 26.7 Å². The Hall–Kier alpha value is -2.25. The lowest BCUT2D eigenvalue weighted by atomic mass is 10.0. The molecule has 1 heterocycles. The van der Waals surface area contributed by atoms with Gasteiger partial charge in [0.15, 0.2) is 5.96 Å². The van der Waals surface area contributed by atoms with Crippen molar-refractivity contribution in [3.8, 4) is 11.8 Å². The summed E-state index contributed by atoms with van der Waals surface area (Å²) in [5.74, 6) is 6.28. The molecule has 2 N–H and O–H groups in total. The van der Waals surface area contributed by atoms with Gasteiger partial charge >= 0.3 is 6.18 Å². The molecule has 0 amide bonds. The number of nitrogens with zero attached hydrogens (tertiary/aromatic N) is 2. The smallest absolute Gasteiger partial charge is 0.354 e. The van der Waals surface area contributed by atoms with Gasteiger partial charge < -0.3 is 10.6 Å². The number of rotatable bonds is 4. The average Bonchev–Trinajstić information content (AvgIpc) is 2.77. The highest BCUT2D eigenvalue weighted by molar-refractivity contribution is 14.0. The Balaban J connectivity index is 0.00000363. The van der Waals surface area contributed by atoms with Gasteiger partial charge in [0.1, 0.15) is 0 Å². The Morgan fingerprint density at radius 1 is 1.09 bits per heavy atom. The molecule has 1 fully saturated rings. The Morgan fingerprint density at radius 3 is 2.47 bits per heavy atom. The summed E-state index contributed by atoms with van der Waals surface area (Å²) in [6, 6.07) is 15.8. The fraction of sp³-hybridized carbons (Fsp3) is 0.375. The predicted molar refractivity (Wildman–Crippen MR) is 133 cm³/mol. The monoisotopic (exact) mass is 556 g/mol. The number of likely N-dealkylation sites (tertiary alicyclic amines) is 1. The van der Waals surface area contributed by atoms with Gasteiger partial charge in [-0.3, -0.25) is 9.89 Å². The second kappa shape index (κ2) is 12.7. The van der Waals surface area contributed by atoms with Crippen molar-refractivity contribution >= 4 is 29.9 Å². The molecule has 32 heavy (non-hydrogen) atoms. The average molecular weight is 556 g/mol. The highest BCUT2D eigenvalue weighted by Crippen LogP contribution is 2.29. The van der Waals surface area contributed by atoms with Gasteiger partial charge in [0, 0.05) is 38.3 Å². The lowest BCUT2D eigenvalue weighted by Crippen LogP contribution is -2.48. The summed E-state index contributed by atoms with van der Waals surface area (Å²) in [5.41, 5.74) is 0.972. The van der Waals surface area contributed by atoms with E-state index in [9.17, 15) is 13.2 Å². The summed E-state index contributed by atoms with van der Waals surface area (Å²) in [5, 5.41) is 6.53. The maximum atomic E-state index is 12.8. The van der Waals surface area contributed by atoms with Gasteiger partial charge in [-0.1, -0.05) is 48.2 Å². The second-order valence-electron chi connectivity index (χ2n) is 7.49. The third-order valence-corrected chi connectivity index (χ3v) is 5.17. The zero-order valence-electron chi connectivity index (χ0n) is 18.0. The molecule has 3 rings (SSSR count). The number of benzene rings is 2. The second-order valence-corrected chi connectivity index (χ2v) is 7.49. The minimum atomic E-state index is -4.36. The van der Waals surface area contributed by atoms with Gasteiger partial charge in [-0.2, -0.15) is 13.2 Å². The molecular formula is C24H28F3IN4. The Morgan fingerprint density at radius 2 is 1.81 bits per heavy atom. The molecule has 1 saturated heterocycles. The van der Waals surface area contributed by atoms with E-state index < -0.39 is 11.7 Å². The lowest BCUT2D eigenvalue weighted by Gasteiger charge is -2.33. The molecule has 0 saturated carbocycles. The number of nitrogens with one attached hydrogen (secondary N) is 2. The van der Waals surface area contributed by atoms with E-state index in [1.54, 1.807) is 13.1 Å². The first-order chi connectivity index (χ1) is 14.9. The Kier molecular flexibility index (Phi) is 10.3. The summed E-state index contributed by atoms with van der Waals surface area (Å²) in [6.45, 7) is 3.28. The number of guanidine groups is 1. The van der Waals surface area contributed by atoms with Crippen LogP contribution in [-0.4, -0.2) is 43.6 Å². The standard InChI is InChI=1S/C24H27F3N4.HI/c1-28-23(29-14-6-10-19-9-5-11-21(17-19)24(25,26)27)30-22-12-15-31(16-13-22)18-20-7-3-2-4-8-20;/h2-5,7-9,11,17,22H,12-16,18H2,1H3,(H2,28,29,30);1H. The van der Waals surface area contributed by atoms with E-state index in [1.165, 1.54) is 11.6 Å². The summed E-state index contributed by atoms with van der Waals surface area (Å²) in [4.78, 5) is 6.67. The van der Waals surface area contributed by atoms with E-state index in [4.69, 9.17) is 0 Å². The molecule has 8 heteroatoms. The normalized spacial score (nSPS) is 15.3. The van der Waals surface area contributed by atoms with Crippen LogP contribution in [0.25, 0.3) is 0 Å². The van der Waals surface area contributed by atoms with Crippen LogP contribution < -0.4 is 10.6 Å². The van der Waals surface area contributed by atoms with Crippen molar-refractivity contribution in [3.05, 3.63) is 71.3 Å². The van der Waals surface area contributed by atoms with E-state index in [1.807, 2.05) is 6.07 Å². The highest BCUT2D eigenvalue weighted by Gasteiger charge is 2.30. The summed E-state index contributed by atoms with van der Waals surface area (Å²) in [6.07, 6.45) is -2.33. The lowest BCUT2D eigenvalue weighted by molar-refractivity contribution is -0.137. The number of hydrogen-bond acceptors (Lipinski definition) is 2. The molecule has 0 atom stereocenters. The molecular weight excluding hydrogens is 528 g/mol. The van der Waals surface area contributed by atoms with Crippen LogP contribution in [0.4, 0.5) is 13.2 Å². The van der Waals surface area contributed by atoms with Crippen molar-refractivity contribution in [2.45, 2.75) is 31.6 Å². The van der Waals surface area contributed by atoms with Crippen molar-refractivity contribution in [1.29, 1.82) is 0 Å². The minimum absolute atomic E-state index is 0. The molecule has 0 unspecified atom stereocenters. The Bertz CT molecular complexity index is 927. The molecule has 172 valence electrons. The van der Waals surface area contributed by atoms with Crippen LogP contribution >= 0.6 is 24.0 Å². The van der Waals surface area contributed by atoms with Crippen LogP contribution in [0, 0.1) is 11.8 Å². The molecule has 1 aliphatic heterocycles. The number of aliphatic imine (C=N–C) groups is 1. The summed E-state index contributed by atoms with van der Waals surface area (Å²) >= 11 is 0. The van der Waals surface area contributed by atoms with Gasteiger partial charge in [-0.05, 0) is 36.6 Å². The number of halogens is 4. The fourth-order valence-electron chi connectivity index (χ4n) is 3.51. The number of alkyl halides is 3. The molecule has 0 aromatic heterocycles. The predicted octanol–water partition coefficient (Wildman–Crippen LogP) is 4.50. The van der Waals surface area contributed by atoms with E-state index in [0.717, 1.165) is 44.6 Å². The van der Waals surface area contributed by atoms with Gasteiger partial charge in [-0.15, -0.1) is 24.0 Å². The van der Waals surface area contributed by atoms with Crippen LogP contribution in [0.3, 0.4) is 0 Å². The molecule has 2 aromatic carbocycles. The van der Waals surface area contributed by atoms with E-state index >= 15 is 0 Å². The quantitative estimate of drug-likeness (QED) is 0.252. The molecule has 0 aliphatic carbocycles. The summed E-state index contributed by atoms with van der Waals surface area (Å²) in [7, 11) is 1.69. The van der Waals surface area contributed by atoms with Crippen molar-refractivity contribution in [1.82, 2.24) is 15.5 Å². The van der Waals surface area contributed by atoms with Crippen LogP contribution in [0.2, 0.25) is 0 Å². The zero-order valence-corrected chi connectivity index (χ0v) is 20.3. The van der Waals surface area contributed by atoms with E-state index in [0.29, 0.717) is 24.1 Å². The van der Waals surface area contributed by atoms with Crippen molar-refractivity contribution in [3.63, 3.8) is 0 Å². The molecule has 1 aliphatic rings. The molecule has 2 aromatic rings. The van der Waals surface area contributed by atoms with Crippen molar-refractivity contribution < 1.29 is 13.2 Å². The zero-order chi connectivity index (χ0) is 22.1. The first kappa shape index (κ1) is 26.0. The topological polar surface area (TPSA) is 39.7 Å². The van der Waals surface area contributed by atoms with Gasteiger partial charge in [-0.25, -0.2) is 0 Å². The summed E-state index contributed by atoms with van der Waals surface area (Å²) < 4.78 is 38.3.